The SMILES string of the molecule is Cc1ccc(NC(=O)CC(=O)NCCc2ccc(Cl)cc2)cc1C. The fraction of sp³-hybridized carbons (Fsp3) is 0.263. The summed E-state index contributed by atoms with van der Waals surface area (Å²) in [4.78, 5) is 23.7. The normalized spacial score (nSPS) is 10.3. The number of hydrogen-bond acceptors (Lipinski definition) is 2. The summed E-state index contributed by atoms with van der Waals surface area (Å²) in [5.74, 6) is -0.604. The second-order valence-electron chi connectivity index (χ2n) is 5.75. The van der Waals surface area contributed by atoms with Gasteiger partial charge in [-0.2, -0.15) is 0 Å². The molecule has 0 atom stereocenters. The first-order chi connectivity index (χ1) is 11.4. The Balaban J connectivity index is 1.74. The number of nitrogens with one attached hydrogen (secondary N) is 2. The fourth-order valence-corrected chi connectivity index (χ4v) is 2.36. The lowest BCUT2D eigenvalue weighted by Crippen LogP contribution is -2.29. The molecule has 126 valence electrons. The third kappa shape index (κ3) is 5.70. The van der Waals surface area contributed by atoms with Crippen LogP contribution in [0, 0.1) is 13.8 Å². The first-order valence-electron chi connectivity index (χ1n) is 7.82. The van der Waals surface area contributed by atoms with Gasteiger partial charge in [0.25, 0.3) is 0 Å². The monoisotopic (exact) mass is 344 g/mol. The van der Waals surface area contributed by atoms with Crippen LogP contribution in [-0.2, 0) is 16.0 Å². The molecule has 0 bridgehead atoms. The van der Waals surface area contributed by atoms with Crippen LogP contribution in [0.15, 0.2) is 42.5 Å². The van der Waals surface area contributed by atoms with Crippen LogP contribution in [0.4, 0.5) is 5.69 Å². The number of hydrogen-bond donors (Lipinski definition) is 2. The fourth-order valence-electron chi connectivity index (χ4n) is 2.23. The van der Waals surface area contributed by atoms with Crippen LogP contribution in [0.25, 0.3) is 0 Å². The molecule has 0 aliphatic rings. The third-order valence-electron chi connectivity index (χ3n) is 3.76. The van der Waals surface area contributed by atoms with Gasteiger partial charge in [0.1, 0.15) is 6.42 Å². The molecular formula is C19H21ClN2O2. The number of carbonyl (C=O) groups is 2. The summed E-state index contributed by atoms with van der Waals surface area (Å²) in [5.41, 5.74) is 4.05. The maximum atomic E-state index is 11.9. The minimum atomic E-state index is -0.317. The lowest BCUT2D eigenvalue weighted by atomic mass is 10.1. The summed E-state index contributed by atoms with van der Waals surface area (Å²) in [6, 6.07) is 13.1. The number of anilines is 1. The molecule has 0 unspecified atom stereocenters. The summed E-state index contributed by atoms with van der Waals surface area (Å²) in [5, 5.41) is 6.18. The van der Waals surface area contributed by atoms with Gasteiger partial charge >= 0.3 is 0 Å². The molecule has 4 nitrogen and oxygen atoms in total. The molecule has 0 heterocycles. The molecule has 24 heavy (non-hydrogen) atoms. The number of amides is 2. The van der Waals surface area contributed by atoms with Crippen molar-refractivity contribution >= 4 is 29.1 Å². The van der Waals surface area contributed by atoms with Crippen molar-refractivity contribution in [1.29, 1.82) is 0 Å². The largest absolute Gasteiger partial charge is 0.355 e. The van der Waals surface area contributed by atoms with Gasteiger partial charge in [0.15, 0.2) is 0 Å². The van der Waals surface area contributed by atoms with Crippen molar-refractivity contribution in [1.82, 2.24) is 5.32 Å². The Morgan fingerprint density at radius 2 is 1.67 bits per heavy atom. The molecule has 0 aliphatic carbocycles. The molecule has 0 aliphatic heterocycles. The molecule has 2 amide bonds. The van der Waals surface area contributed by atoms with Crippen LogP contribution >= 0.6 is 11.6 Å². The van der Waals surface area contributed by atoms with E-state index in [0.29, 0.717) is 23.7 Å². The zero-order valence-corrected chi connectivity index (χ0v) is 14.6. The van der Waals surface area contributed by atoms with E-state index in [1.165, 1.54) is 0 Å². The summed E-state index contributed by atoms with van der Waals surface area (Å²) in [6.07, 6.45) is 0.509. The molecule has 0 spiro atoms. The van der Waals surface area contributed by atoms with E-state index in [1.54, 1.807) is 0 Å². The second kappa shape index (κ2) is 8.50. The van der Waals surface area contributed by atoms with Gasteiger partial charge in [-0.05, 0) is 61.2 Å². The minimum absolute atomic E-state index is 0.187. The van der Waals surface area contributed by atoms with Gasteiger partial charge in [0.05, 0.1) is 0 Å². The highest BCUT2D eigenvalue weighted by Gasteiger charge is 2.09. The number of rotatable bonds is 6. The highest BCUT2D eigenvalue weighted by Crippen LogP contribution is 2.14. The van der Waals surface area contributed by atoms with Crippen LogP contribution < -0.4 is 10.6 Å². The zero-order valence-electron chi connectivity index (χ0n) is 13.9. The predicted molar refractivity (Wildman–Crippen MR) is 97.3 cm³/mol. The standard InChI is InChI=1S/C19H21ClN2O2/c1-13-3-8-17(11-14(13)2)22-19(24)12-18(23)21-10-9-15-4-6-16(20)7-5-15/h3-8,11H,9-10,12H2,1-2H3,(H,21,23)(H,22,24). The van der Waals surface area contributed by atoms with Gasteiger partial charge in [-0.15, -0.1) is 0 Å². The van der Waals surface area contributed by atoms with Crippen molar-refractivity contribution in [2.24, 2.45) is 0 Å². The quantitative estimate of drug-likeness (QED) is 0.786. The number of carbonyl (C=O) groups excluding carboxylic acids is 2. The third-order valence-corrected chi connectivity index (χ3v) is 4.01. The first-order valence-corrected chi connectivity index (χ1v) is 8.20. The second-order valence-corrected chi connectivity index (χ2v) is 6.19. The van der Waals surface area contributed by atoms with E-state index in [0.717, 1.165) is 16.7 Å². The predicted octanol–water partition coefficient (Wildman–Crippen LogP) is 3.64. The van der Waals surface area contributed by atoms with Crippen molar-refractivity contribution in [3.05, 3.63) is 64.2 Å². The van der Waals surface area contributed by atoms with Crippen LogP contribution in [0.3, 0.4) is 0 Å². The average Bonchev–Trinajstić information content (AvgIpc) is 2.53. The van der Waals surface area contributed by atoms with E-state index in [1.807, 2.05) is 56.3 Å². The van der Waals surface area contributed by atoms with Gasteiger partial charge in [-0.3, -0.25) is 9.59 Å². The Bertz CT molecular complexity index is 727. The highest BCUT2D eigenvalue weighted by molar-refractivity contribution is 6.30. The maximum absolute atomic E-state index is 11.9. The maximum Gasteiger partial charge on any atom is 0.233 e. The van der Waals surface area contributed by atoms with E-state index in [9.17, 15) is 9.59 Å². The minimum Gasteiger partial charge on any atom is -0.355 e. The van der Waals surface area contributed by atoms with Gasteiger partial charge < -0.3 is 10.6 Å². The molecule has 0 radical (unpaired) electrons. The Hall–Kier alpha value is -2.33. The lowest BCUT2D eigenvalue weighted by molar-refractivity contribution is -0.126. The molecule has 5 heteroatoms. The van der Waals surface area contributed by atoms with Crippen LogP contribution in [0.5, 0.6) is 0 Å². The van der Waals surface area contributed by atoms with E-state index >= 15 is 0 Å². The smallest absolute Gasteiger partial charge is 0.233 e. The van der Waals surface area contributed by atoms with Gasteiger partial charge in [-0.25, -0.2) is 0 Å². The molecule has 2 rings (SSSR count). The summed E-state index contributed by atoms with van der Waals surface area (Å²) in [6.45, 7) is 4.47. The highest BCUT2D eigenvalue weighted by atomic mass is 35.5. The lowest BCUT2D eigenvalue weighted by Gasteiger charge is -2.08. The molecule has 2 aromatic rings. The molecule has 0 aromatic heterocycles. The average molecular weight is 345 g/mol. The van der Waals surface area contributed by atoms with E-state index in [2.05, 4.69) is 10.6 Å². The summed E-state index contributed by atoms with van der Waals surface area (Å²) in [7, 11) is 0. The van der Waals surface area contributed by atoms with Crippen molar-refractivity contribution in [3.8, 4) is 0 Å². The number of benzene rings is 2. The first kappa shape index (κ1) is 18.0. The van der Waals surface area contributed by atoms with Crippen LogP contribution in [-0.4, -0.2) is 18.4 Å². The Kier molecular flexibility index (Phi) is 6.38. The molecule has 0 saturated carbocycles. The molecule has 0 fully saturated rings. The van der Waals surface area contributed by atoms with E-state index in [4.69, 9.17) is 11.6 Å². The summed E-state index contributed by atoms with van der Waals surface area (Å²) >= 11 is 5.82. The van der Waals surface area contributed by atoms with Crippen molar-refractivity contribution < 1.29 is 9.59 Å². The van der Waals surface area contributed by atoms with Crippen LogP contribution in [0.1, 0.15) is 23.1 Å². The van der Waals surface area contributed by atoms with Gasteiger partial charge in [0.2, 0.25) is 11.8 Å². The topological polar surface area (TPSA) is 58.2 Å². The zero-order chi connectivity index (χ0) is 17.5. The van der Waals surface area contributed by atoms with Crippen molar-refractivity contribution in [2.75, 3.05) is 11.9 Å². The van der Waals surface area contributed by atoms with Gasteiger partial charge in [-0.1, -0.05) is 29.8 Å². The van der Waals surface area contributed by atoms with Crippen molar-refractivity contribution in [2.45, 2.75) is 26.7 Å². The molecule has 0 saturated heterocycles. The molecular weight excluding hydrogens is 324 g/mol. The van der Waals surface area contributed by atoms with Crippen molar-refractivity contribution in [3.63, 3.8) is 0 Å². The van der Waals surface area contributed by atoms with Crippen LogP contribution in [0.2, 0.25) is 5.02 Å². The number of aryl methyl sites for hydroxylation is 2. The van der Waals surface area contributed by atoms with E-state index < -0.39 is 0 Å². The molecule has 2 aromatic carbocycles. The van der Waals surface area contributed by atoms with E-state index in [-0.39, 0.29) is 18.2 Å². The molecule has 2 N–H and O–H groups in total. The summed E-state index contributed by atoms with van der Waals surface area (Å²) < 4.78 is 0. The Morgan fingerprint density at radius 1 is 0.958 bits per heavy atom. The number of halogens is 1. The van der Waals surface area contributed by atoms with Gasteiger partial charge in [0, 0.05) is 17.3 Å². The Morgan fingerprint density at radius 3 is 2.33 bits per heavy atom. The Labute approximate surface area is 147 Å².